The van der Waals surface area contributed by atoms with Gasteiger partial charge in [-0.25, -0.2) is 9.59 Å². The molecule has 4 N–H and O–H groups in total. The van der Waals surface area contributed by atoms with Crippen LogP contribution in [-0.4, -0.2) is 52.9 Å². The number of amides is 2. The van der Waals surface area contributed by atoms with Crippen molar-refractivity contribution in [2.24, 2.45) is 5.92 Å². The maximum absolute atomic E-state index is 11.4. The largest absolute Gasteiger partial charge is 0.480 e. The minimum Gasteiger partial charge on any atom is -0.480 e. The molecule has 1 fully saturated rings. The average molecular weight is 262 g/mol. The summed E-state index contributed by atoms with van der Waals surface area (Å²) in [5.74, 6) is 1.46. The van der Waals surface area contributed by atoms with Gasteiger partial charge in [-0.2, -0.15) is 11.8 Å². The number of urea groups is 1. The zero-order chi connectivity index (χ0) is 12.7. The van der Waals surface area contributed by atoms with Crippen molar-refractivity contribution < 1.29 is 19.8 Å². The molecule has 0 bridgehead atoms. The van der Waals surface area contributed by atoms with Crippen LogP contribution in [0, 0.1) is 5.92 Å². The van der Waals surface area contributed by atoms with Crippen LogP contribution in [0.3, 0.4) is 0 Å². The van der Waals surface area contributed by atoms with E-state index in [0.717, 1.165) is 24.3 Å². The van der Waals surface area contributed by atoms with Crippen molar-refractivity contribution in [3.63, 3.8) is 0 Å². The molecule has 1 unspecified atom stereocenters. The molecule has 1 aliphatic rings. The molecule has 1 aliphatic heterocycles. The number of aliphatic hydroxyl groups excluding tert-OH is 1. The number of aliphatic hydroxyl groups is 1. The van der Waals surface area contributed by atoms with Crippen molar-refractivity contribution in [2.75, 3.05) is 24.7 Å². The molecule has 0 saturated carbocycles. The molecule has 0 aromatic carbocycles. The number of aliphatic carboxylic acids is 1. The van der Waals surface area contributed by atoms with E-state index in [1.54, 1.807) is 0 Å². The van der Waals surface area contributed by atoms with Crippen molar-refractivity contribution in [1.29, 1.82) is 0 Å². The molecule has 17 heavy (non-hydrogen) atoms. The summed E-state index contributed by atoms with van der Waals surface area (Å²) in [6, 6.07) is -1.78. The van der Waals surface area contributed by atoms with Crippen LogP contribution >= 0.6 is 11.8 Å². The third-order valence-corrected chi connectivity index (χ3v) is 3.73. The smallest absolute Gasteiger partial charge is 0.328 e. The topological polar surface area (TPSA) is 98.7 Å². The van der Waals surface area contributed by atoms with Gasteiger partial charge in [0.1, 0.15) is 0 Å². The zero-order valence-electron chi connectivity index (χ0n) is 9.52. The summed E-state index contributed by atoms with van der Waals surface area (Å²) in [6.45, 7) is -0.0486. The van der Waals surface area contributed by atoms with Crippen LogP contribution in [0.15, 0.2) is 0 Å². The van der Waals surface area contributed by atoms with Gasteiger partial charge in [0, 0.05) is 6.54 Å². The van der Waals surface area contributed by atoms with Crippen LogP contribution < -0.4 is 10.6 Å². The first kappa shape index (κ1) is 14.1. The second-order valence-corrected chi connectivity index (χ2v) is 5.21. The highest BCUT2D eigenvalue weighted by molar-refractivity contribution is 7.99. The van der Waals surface area contributed by atoms with Crippen LogP contribution in [-0.2, 0) is 4.79 Å². The fourth-order valence-electron chi connectivity index (χ4n) is 1.58. The zero-order valence-corrected chi connectivity index (χ0v) is 10.3. The van der Waals surface area contributed by atoms with Gasteiger partial charge in [-0.1, -0.05) is 0 Å². The Hall–Kier alpha value is -0.950. The molecule has 0 aromatic heterocycles. The van der Waals surface area contributed by atoms with Crippen LogP contribution in [0.2, 0.25) is 0 Å². The lowest BCUT2D eigenvalue weighted by molar-refractivity contribution is -0.140. The number of nitrogens with one attached hydrogen (secondary N) is 2. The number of carboxylic acid groups (broad SMARTS) is 1. The minimum atomic E-state index is -1.24. The fraction of sp³-hybridized carbons (Fsp3) is 0.800. The molecular weight excluding hydrogens is 244 g/mol. The Kier molecular flexibility index (Phi) is 6.13. The predicted molar refractivity (Wildman–Crippen MR) is 65.1 cm³/mol. The monoisotopic (exact) mass is 262 g/mol. The Labute approximate surface area is 104 Å². The first-order chi connectivity index (χ1) is 8.13. The van der Waals surface area contributed by atoms with Gasteiger partial charge in [0.15, 0.2) is 6.04 Å². The van der Waals surface area contributed by atoms with E-state index in [2.05, 4.69) is 10.6 Å². The molecule has 1 rings (SSSR count). The molecule has 1 atom stereocenters. The molecule has 0 aliphatic carbocycles. The maximum atomic E-state index is 11.4. The van der Waals surface area contributed by atoms with Crippen LogP contribution in [0.1, 0.15) is 12.8 Å². The Bertz CT molecular complexity index is 269. The quantitative estimate of drug-likeness (QED) is 0.553. The van der Waals surface area contributed by atoms with Gasteiger partial charge in [0.05, 0.1) is 6.61 Å². The number of rotatable bonds is 5. The molecule has 7 heteroatoms. The third-order valence-electron chi connectivity index (χ3n) is 2.68. The molecule has 6 nitrogen and oxygen atoms in total. The van der Waals surface area contributed by atoms with E-state index in [1.165, 1.54) is 0 Å². The standard InChI is InChI=1S/C10H18N2O4S/c13-6-8(9(14)15)12-10(16)11-5-7-1-3-17-4-2-7/h7-8,13H,1-6H2,(H,14,15)(H2,11,12,16). The van der Waals surface area contributed by atoms with E-state index in [4.69, 9.17) is 10.2 Å². The highest BCUT2D eigenvalue weighted by Gasteiger charge is 2.19. The van der Waals surface area contributed by atoms with Crippen molar-refractivity contribution in [2.45, 2.75) is 18.9 Å². The highest BCUT2D eigenvalue weighted by Crippen LogP contribution is 2.21. The highest BCUT2D eigenvalue weighted by atomic mass is 32.2. The third kappa shape index (κ3) is 5.27. The van der Waals surface area contributed by atoms with Gasteiger partial charge >= 0.3 is 12.0 Å². The normalized spacial score (nSPS) is 18.4. The summed E-state index contributed by atoms with van der Waals surface area (Å²) < 4.78 is 0. The van der Waals surface area contributed by atoms with Gasteiger partial charge < -0.3 is 20.8 Å². The van der Waals surface area contributed by atoms with Crippen molar-refractivity contribution in [3.05, 3.63) is 0 Å². The Morgan fingerprint density at radius 1 is 1.35 bits per heavy atom. The number of hydrogen-bond acceptors (Lipinski definition) is 4. The second-order valence-electron chi connectivity index (χ2n) is 3.98. The molecule has 0 aromatic rings. The Morgan fingerprint density at radius 3 is 2.53 bits per heavy atom. The summed E-state index contributed by atoms with van der Waals surface area (Å²) in [6.07, 6.45) is 2.15. The first-order valence-corrected chi connectivity index (χ1v) is 6.74. The molecule has 0 spiro atoms. The summed E-state index contributed by atoms with van der Waals surface area (Å²) in [4.78, 5) is 21.9. The van der Waals surface area contributed by atoms with Crippen LogP contribution in [0.4, 0.5) is 4.79 Å². The van der Waals surface area contributed by atoms with E-state index >= 15 is 0 Å². The lowest BCUT2D eigenvalue weighted by atomic mass is 10.0. The Balaban J connectivity index is 2.21. The van der Waals surface area contributed by atoms with Crippen LogP contribution in [0.25, 0.3) is 0 Å². The lowest BCUT2D eigenvalue weighted by Crippen LogP contribution is -2.48. The van der Waals surface area contributed by atoms with Crippen molar-refractivity contribution in [1.82, 2.24) is 10.6 Å². The van der Waals surface area contributed by atoms with Crippen molar-refractivity contribution in [3.8, 4) is 0 Å². The van der Waals surface area contributed by atoms with Gasteiger partial charge in [-0.05, 0) is 30.3 Å². The number of hydrogen-bond donors (Lipinski definition) is 4. The van der Waals surface area contributed by atoms with Gasteiger partial charge in [-0.15, -0.1) is 0 Å². The van der Waals surface area contributed by atoms with Gasteiger partial charge in [-0.3, -0.25) is 0 Å². The molecular formula is C10H18N2O4S. The van der Waals surface area contributed by atoms with Gasteiger partial charge in [0.25, 0.3) is 0 Å². The number of thioether (sulfide) groups is 1. The predicted octanol–water partition coefficient (Wildman–Crippen LogP) is -0.126. The molecule has 98 valence electrons. The number of carbonyl (C=O) groups excluding carboxylic acids is 1. The van der Waals surface area contributed by atoms with Gasteiger partial charge in [0.2, 0.25) is 0 Å². The van der Waals surface area contributed by atoms with Crippen LogP contribution in [0.5, 0.6) is 0 Å². The molecule has 1 heterocycles. The maximum Gasteiger partial charge on any atom is 0.328 e. The summed E-state index contributed by atoms with van der Waals surface area (Å²) in [5.41, 5.74) is 0. The lowest BCUT2D eigenvalue weighted by Gasteiger charge is -2.22. The van der Waals surface area contributed by atoms with E-state index in [0.29, 0.717) is 12.5 Å². The Morgan fingerprint density at radius 2 is 2.00 bits per heavy atom. The van der Waals surface area contributed by atoms with Crippen molar-refractivity contribution >= 4 is 23.8 Å². The average Bonchev–Trinajstić information content (AvgIpc) is 2.34. The van der Waals surface area contributed by atoms with E-state index in [-0.39, 0.29) is 0 Å². The summed E-state index contributed by atoms with van der Waals surface area (Å²) in [7, 11) is 0. The summed E-state index contributed by atoms with van der Waals surface area (Å²) >= 11 is 1.91. The second kappa shape index (κ2) is 7.39. The SMILES string of the molecule is O=C(NCC1CCSCC1)NC(CO)C(=O)O. The fourth-order valence-corrected chi connectivity index (χ4v) is 2.79. The van der Waals surface area contributed by atoms with E-state index in [1.807, 2.05) is 11.8 Å². The number of carbonyl (C=O) groups is 2. The molecule has 2 amide bonds. The first-order valence-electron chi connectivity index (χ1n) is 5.59. The van der Waals surface area contributed by atoms with E-state index in [9.17, 15) is 9.59 Å². The number of carboxylic acids is 1. The van der Waals surface area contributed by atoms with E-state index < -0.39 is 24.6 Å². The molecule has 0 radical (unpaired) electrons. The molecule has 1 saturated heterocycles. The minimum absolute atomic E-state index is 0.472. The summed E-state index contributed by atoms with van der Waals surface area (Å²) in [5, 5.41) is 22.2.